The van der Waals surface area contributed by atoms with Crippen molar-refractivity contribution < 1.29 is 14.3 Å². The van der Waals surface area contributed by atoms with Gasteiger partial charge in [-0.1, -0.05) is 20.8 Å². The molecule has 1 aliphatic heterocycles. The van der Waals surface area contributed by atoms with Crippen LogP contribution >= 0.6 is 0 Å². The zero-order chi connectivity index (χ0) is 13.6. The van der Waals surface area contributed by atoms with Crippen LogP contribution in [0.2, 0.25) is 0 Å². The third-order valence-corrected chi connectivity index (χ3v) is 2.90. The summed E-state index contributed by atoms with van der Waals surface area (Å²) in [6, 6.07) is 0. The number of carbonyl (C=O) groups excluding carboxylic acids is 2. The Bertz CT molecular complexity index is 291. The van der Waals surface area contributed by atoms with Crippen LogP contribution < -0.4 is 5.32 Å². The fourth-order valence-corrected chi connectivity index (χ4v) is 1.68. The van der Waals surface area contributed by atoms with Crippen molar-refractivity contribution in [2.24, 2.45) is 5.41 Å². The largest absolute Gasteiger partial charge is 0.378 e. The van der Waals surface area contributed by atoms with Crippen molar-refractivity contribution in [3.05, 3.63) is 0 Å². The van der Waals surface area contributed by atoms with E-state index in [9.17, 15) is 9.59 Å². The maximum Gasteiger partial charge on any atom is 0.225 e. The topological polar surface area (TPSA) is 58.6 Å². The molecule has 1 N–H and O–H groups in total. The molecule has 1 saturated heterocycles. The van der Waals surface area contributed by atoms with Crippen molar-refractivity contribution in [1.29, 1.82) is 0 Å². The highest BCUT2D eigenvalue weighted by molar-refractivity contribution is 5.81. The second-order valence-electron chi connectivity index (χ2n) is 5.60. The summed E-state index contributed by atoms with van der Waals surface area (Å²) >= 11 is 0. The van der Waals surface area contributed by atoms with Crippen LogP contribution in [-0.2, 0) is 14.3 Å². The number of amides is 2. The first kappa shape index (κ1) is 15.0. The van der Waals surface area contributed by atoms with Gasteiger partial charge in [-0.3, -0.25) is 9.59 Å². The molecule has 5 nitrogen and oxygen atoms in total. The van der Waals surface area contributed by atoms with Crippen LogP contribution in [0.15, 0.2) is 0 Å². The number of rotatable bonds is 4. The molecule has 0 aromatic heterocycles. The van der Waals surface area contributed by atoms with E-state index in [4.69, 9.17) is 4.74 Å². The summed E-state index contributed by atoms with van der Waals surface area (Å²) in [5.41, 5.74) is -0.367. The fourth-order valence-electron chi connectivity index (χ4n) is 1.68. The first-order chi connectivity index (χ1) is 8.41. The van der Waals surface area contributed by atoms with E-state index in [1.165, 1.54) is 0 Å². The molecule has 0 radical (unpaired) electrons. The van der Waals surface area contributed by atoms with E-state index in [-0.39, 0.29) is 17.2 Å². The molecule has 1 heterocycles. The molecule has 1 rings (SSSR count). The van der Waals surface area contributed by atoms with E-state index < -0.39 is 0 Å². The van der Waals surface area contributed by atoms with Crippen LogP contribution in [0, 0.1) is 5.41 Å². The smallest absolute Gasteiger partial charge is 0.225 e. The van der Waals surface area contributed by atoms with Gasteiger partial charge in [0.05, 0.1) is 13.2 Å². The van der Waals surface area contributed by atoms with Crippen molar-refractivity contribution >= 4 is 11.8 Å². The maximum absolute atomic E-state index is 11.8. The summed E-state index contributed by atoms with van der Waals surface area (Å²) in [5, 5.41) is 2.85. The number of nitrogens with zero attached hydrogens (tertiary/aromatic N) is 1. The van der Waals surface area contributed by atoms with Gasteiger partial charge in [0.15, 0.2) is 0 Å². The molecule has 0 bridgehead atoms. The summed E-state index contributed by atoms with van der Waals surface area (Å²) in [6.07, 6.45) is 1.18. The summed E-state index contributed by atoms with van der Waals surface area (Å²) in [5.74, 6) is 0.185. The van der Waals surface area contributed by atoms with Gasteiger partial charge in [-0.25, -0.2) is 0 Å². The van der Waals surface area contributed by atoms with Crippen molar-refractivity contribution in [2.75, 3.05) is 32.8 Å². The Hall–Kier alpha value is -1.10. The van der Waals surface area contributed by atoms with Crippen molar-refractivity contribution in [3.8, 4) is 0 Å². The number of hydrogen-bond donors (Lipinski definition) is 1. The second-order valence-corrected chi connectivity index (χ2v) is 5.60. The van der Waals surface area contributed by atoms with Gasteiger partial charge in [-0.05, 0) is 6.42 Å². The molecule has 0 unspecified atom stereocenters. The molecule has 1 aliphatic rings. The molecule has 1 fully saturated rings. The predicted molar refractivity (Wildman–Crippen MR) is 69.1 cm³/mol. The minimum atomic E-state index is -0.367. The van der Waals surface area contributed by atoms with Crippen LogP contribution in [0.25, 0.3) is 0 Å². The van der Waals surface area contributed by atoms with E-state index in [0.717, 1.165) is 0 Å². The molecule has 104 valence electrons. The third kappa shape index (κ3) is 5.04. The van der Waals surface area contributed by atoms with E-state index in [1.54, 1.807) is 0 Å². The SMILES string of the molecule is CC(C)(C)C(=O)NCCCC(=O)N1CCOCC1. The molecule has 0 aromatic carbocycles. The van der Waals surface area contributed by atoms with Crippen LogP contribution in [0.1, 0.15) is 33.6 Å². The predicted octanol–water partition coefficient (Wildman–Crippen LogP) is 0.788. The fraction of sp³-hybridized carbons (Fsp3) is 0.846. The number of carbonyl (C=O) groups is 2. The molecule has 5 heteroatoms. The number of hydrogen-bond acceptors (Lipinski definition) is 3. The van der Waals surface area contributed by atoms with Gasteiger partial charge in [-0.15, -0.1) is 0 Å². The lowest BCUT2D eigenvalue weighted by Crippen LogP contribution is -2.41. The van der Waals surface area contributed by atoms with Gasteiger partial charge in [0.1, 0.15) is 0 Å². The number of morpholine rings is 1. The van der Waals surface area contributed by atoms with Gasteiger partial charge in [0, 0.05) is 31.5 Å². The van der Waals surface area contributed by atoms with Crippen molar-refractivity contribution in [1.82, 2.24) is 10.2 Å². The Labute approximate surface area is 109 Å². The summed E-state index contributed by atoms with van der Waals surface area (Å²) in [6.45, 7) is 8.83. The van der Waals surface area contributed by atoms with Gasteiger partial charge >= 0.3 is 0 Å². The highest BCUT2D eigenvalue weighted by Gasteiger charge is 2.21. The minimum absolute atomic E-state index is 0.0290. The molecule has 0 atom stereocenters. The van der Waals surface area contributed by atoms with E-state index >= 15 is 0 Å². The number of ether oxygens (including phenoxy) is 1. The average Bonchev–Trinajstić information content (AvgIpc) is 2.34. The van der Waals surface area contributed by atoms with Crippen LogP contribution in [0.3, 0.4) is 0 Å². The normalized spacial score (nSPS) is 16.5. The van der Waals surface area contributed by atoms with E-state index in [2.05, 4.69) is 5.32 Å². The molecular formula is C13H24N2O3. The highest BCUT2D eigenvalue weighted by Crippen LogP contribution is 2.12. The zero-order valence-corrected chi connectivity index (χ0v) is 11.6. The quantitative estimate of drug-likeness (QED) is 0.756. The van der Waals surface area contributed by atoms with Crippen molar-refractivity contribution in [3.63, 3.8) is 0 Å². The van der Waals surface area contributed by atoms with E-state index in [0.29, 0.717) is 45.7 Å². The molecule has 0 aliphatic carbocycles. The Morgan fingerprint density at radius 2 is 1.83 bits per heavy atom. The summed E-state index contributed by atoms with van der Waals surface area (Å²) < 4.78 is 5.19. The first-order valence-corrected chi connectivity index (χ1v) is 6.55. The number of nitrogens with one attached hydrogen (secondary N) is 1. The molecule has 2 amide bonds. The first-order valence-electron chi connectivity index (χ1n) is 6.55. The van der Waals surface area contributed by atoms with Crippen LogP contribution in [0.4, 0.5) is 0 Å². The zero-order valence-electron chi connectivity index (χ0n) is 11.6. The summed E-state index contributed by atoms with van der Waals surface area (Å²) in [4.78, 5) is 25.2. The molecular weight excluding hydrogens is 232 g/mol. The molecule has 0 aromatic rings. The van der Waals surface area contributed by atoms with Gasteiger partial charge in [0.2, 0.25) is 11.8 Å². The van der Waals surface area contributed by atoms with Crippen LogP contribution in [-0.4, -0.2) is 49.6 Å². The molecule has 0 saturated carbocycles. The Morgan fingerprint density at radius 1 is 1.22 bits per heavy atom. The monoisotopic (exact) mass is 256 g/mol. The second kappa shape index (κ2) is 6.73. The Morgan fingerprint density at radius 3 is 2.39 bits per heavy atom. The third-order valence-electron chi connectivity index (χ3n) is 2.90. The maximum atomic E-state index is 11.8. The van der Waals surface area contributed by atoms with Crippen molar-refractivity contribution in [2.45, 2.75) is 33.6 Å². The Balaban J connectivity index is 2.14. The lowest BCUT2D eigenvalue weighted by Gasteiger charge is -2.27. The minimum Gasteiger partial charge on any atom is -0.378 e. The molecule has 0 spiro atoms. The lowest BCUT2D eigenvalue weighted by atomic mass is 9.96. The van der Waals surface area contributed by atoms with Gasteiger partial charge < -0.3 is 15.0 Å². The average molecular weight is 256 g/mol. The standard InChI is InChI=1S/C13H24N2O3/c1-13(2,3)12(17)14-6-4-5-11(16)15-7-9-18-10-8-15/h4-10H2,1-3H3,(H,14,17). The summed E-state index contributed by atoms with van der Waals surface area (Å²) in [7, 11) is 0. The van der Waals surface area contributed by atoms with Gasteiger partial charge in [-0.2, -0.15) is 0 Å². The van der Waals surface area contributed by atoms with Crippen LogP contribution in [0.5, 0.6) is 0 Å². The molecule has 18 heavy (non-hydrogen) atoms. The highest BCUT2D eigenvalue weighted by atomic mass is 16.5. The Kier molecular flexibility index (Phi) is 5.59. The van der Waals surface area contributed by atoms with Gasteiger partial charge in [0.25, 0.3) is 0 Å². The lowest BCUT2D eigenvalue weighted by molar-refractivity contribution is -0.135. The van der Waals surface area contributed by atoms with E-state index in [1.807, 2.05) is 25.7 Å².